The molecule has 0 aliphatic carbocycles. The van der Waals surface area contributed by atoms with Crippen molar-refractivity contribution in [1.29, 1.82) is 0 Å². The molecule has 0 radical (unpaired) electrons. The molecule has 5 heteroatoms. The molecule has 0 heterocycles. The van der Waals surface area contributed by atoms with E-state index in [1.807, 2.05) is 18.2 Å². The lowest BCUT2D eigenvalue weighted by Gasteiger charge is -2.18. The average molecular weight is 356 g/mol. The Bertz CT molecular complexity index is 709. The molecule has 5 nitrogen and oxygen atoms in total. The number of esters is 1. The minimum atomic E-state index is -0.780. The van der Waals surface area contributed by atoms with Crippen LogP contribution in [0.15, 0.2) is 54.6 Å². The fraction of sp³-hybridized carbons (Fsp3) is 0.333. The van der Waals surface area contributed by atoms with Gasteiger partial charge in [-0.1, -0.05) is 37.3 Å². The van der Waals surface area contributed by atoms with Gasteiger partial charge in [0.2, 0.25) is 0 Å². The van der Waals surface area contributed by atoms with Gasteiger partial charge in [-0.05, 0) is 50.1 Å². The number of rotatable bonds is 7. The van der Waals surface area contributed by atoms with Crippen molar-refractivity contribution in [1.82, 2.24) is 0 Å². The van der Waals surface area contributed by atoms with Crippen molar-refractivity contribution in [2.45, 2.75) is 45.8 Å². The summed E-state index contributed by atoms with van der Waals surface area (Å²) >= 11 is 0. The Morgan fingerprint density at radius 2 is 1.50 bits per heavy atom. The number of hydrogen-bond donors (Lipinski definition) is 0. The molecule has 0 spiro atoms. The number of carbonyl (C=O) groups is 2. The molecule has 0 aliphatic heterocycles. The molecule has 0 saturated heterocycles. The first-order chi connectivity index (χ1) is 12.5. The van der Waals surface area contributed by atoms with Crippen molar-refractivity contribution in [3.05, 3.63) is 65.7 Å². The second-order valence-electron chi connectivity index (χ2n) is 6.10. The number of aryl methyl sites for hydroxylation is 1. The third kappa shape index (κ3) is 6.24. The molecule has 0 aliphatic rings. The molecule has 26 heavy (non-hydrogen) atoms. The molecule has 2 aromatic rings. The van der Waals surface area contributed by atoms with Gasteiger partial charge in [-0.15, -0.1) is 0 Å². The van der Waals surface area contributed by atoms with Crippen molar-refractivity contribution in [2.75, 3.05) is 0 Å². The van der Waals surface area contributed by atoms with Gasteiger partial charge in [0, 0.05) is 6.42 Å². The van der Waals surface area contributed by atoms with Gasteiger partial charge >= 0.3 is 12.1 Å². The zero-order valence-corrected chi connectivity index (χ0v) is 15.3. The highest BCUT2D eigenvalue weighted by atomic mass is 16.7. The standard InChI is InChI=1S/C21H24O5/c1-4-17-10-12-18(13-11-17)20(22)24-15(2)14-16(3)25-21(23)26-19-8-6-5-7-9-19/h5-13,15-16H,4,14H2,1-3H3. The molecule has 2 unspecified atom stereocenters. The largest absolute Gasteiger partial charge is 0.514 e. The van der Waals surface area contributed by atoms with E-state index < -0.39 is 18.4 Å². The first-order valence-corrected chi connectivity index (χ1v) is 8.71. The average Bonchev–Trinajstić information content (AvgIpc) is 2.62. The van der Waals surface area contributed by atoms with Crippen LogP contribution in [0, 0.1) is 0 Å². The second-order valence-corrected chi connectivity index (χ2v) is 6.10. The molecule has 2 atom stereocenters. The molecular weight excluding hydrogens is 332 g/mol. The van der Waals surface area contributed by atoms with Crippen LogP contribution in [0.4, 0.5) is 4.79 Å². The molecule has 2 aromatic carbocycles. The van der Waals surface area contributed by atoms with E-state index in [1.165, 1.54) is 0 Å². The van der Waals surface area contributed by atoms with E-state index >= 15 is 0 Å². The first kappa shape index (κ1) is 19.5. The summed E-state index contributed by atoms with van der Waals surface area (Å²) in [5.74, 6) is 0.0268. The van der Waals surface area contributed by atoms with Gasteiger partial charge in [-0.25, -0.2) is 9.59 Å². The Morgan fingerprint density at radius 3 is 2.12 bits per heavy atom. The number of para-hydroxylation sites is 1. The third-order valence-electron chi connectivity index (χ3n) is 3.81. The number of carbonyl (C=O) groups excluding carboxylic acids is 2. The molecule has 0 amide bonds. The summed E-state index contributed by atoms with van der Waals surface area (Å²) in [5.41, 5.74) is 1.67. The number of benzene rings is 2. The van der Waals surface area contributed by atoms with Crippen molar-refractivity contribution < 1.29 is 23.8 Å². The predicted molar refractivity (Wildman–Crippen MR) is 98.3 cm³/mol. The monoisotopic (exact) mass is 356 g/mol. The minimum Gasteiger partial charge on any atom is -0.459 e. The maximum atomic E-state index is 12.1. The molecule has 0 fully saturated rings. The van der Waals surface area contributed by atoms with Crippen molar-refractivity contribution >= 4 is 12.1 Å². The Balaban J connectivity index is 1.77. The number of hydrogen-bond acceptors (Lipinski definition) is 5. The van der Waals surface area contributed by atoms with Gasteiger partial charge in [-0.2, -0.15) is 0 Å². The van der Waals surface area contributed by atoms with Crippen LogP contribution in [-0.4, -0.2) is 24.3 Å². The smallest absolute Gasteiger partial charge is 0.459 e. The van der Waals surface area contributed by atoms with Crippen molar-refractivity contribution in [2.24, 2.45) is 0 Å². The Hall–Kier alpha value is -2.82. The maximum Gasteiger partial charge on any atom is 0.514 e. The van der Waals surface area contributed by atoms with E-state index in [0.717, 1.165) is 12.0 Å². The van der Waals surface area contributed by atoms with Crippen LogP contribution in [0.1, 0.15) is 43.1 Å². The molecular formula is C21H24O5. The van der Waals surface area contributed by atoms with Crippen LogP contribution in [0.25, 0.3) is 0 Å². The van der Waals surface area contributed by atoms with Gasteiger partial charge < -0.3 is 14.2 Å². The summed E-state index contributed by atoms with van der Waals surface area (Å²) in [6.07, 6.45) is -0.329. The van der Waals surface area contributed by atoms with Gasteiger partial charge in [0.1, 0.15) is 18.0 Å². The van der Waals surface area contributed by atoms with Gasteiger partial charge in [0.15, 0.2) is 0 Å². The van der Waals surface area contributed by atoms with E-state index in [0.29, 0.717) is 17.7 Å². The Kier molecular flexibility index (Phi) is 7.21. The lowest BCUT2D eigenvalue weighted by Crippen LogP contribution is -2.25. The predicted octanol–water partition coefficient (Wildman–Crippen LogP) is 4.79. The van der Waals surface area contributed by atoms with Crippen LogP contribution in [0.2, 0.25) is 0 Å². The highest BCUT2D eigenvalue weighted by Gasteiger charge is 2.18. The molecule has 0 aromatic heterocycles. The lowest BCUT2D eigenvalue weighted by atomic mass is 10.1. The normalized spacial score (nSPS) is 12.7. The third-order valence-corrected chi connectivity index (χ3v) is 3.81. The van der Waals surface area contributed by atoms with Crippen molar-refractivity contribution in [3.8, 4) is 5.75 Å². The molecule has 138 valence electrons. The van der Waals surface area contributed by atoms with Crippen LogP contribution >= 0.6 is 0 Å². The Labute approximate surface area is 153 Å². The quantitative estimate of drug-likeness (QED) is 0.527. The summed E-state index contributed by atoms with van der Waals surface area (Å²) in [4.78, 5) is 23.9. The van der Waals surface area contributed by atoms with Crippen LogP contribution in [-0.2, 0) is 15.9 Å². The summed E-state index contributed by atoms with van der Waals surface area (Å²) in [6, 6.07) is 16.0. The van der Waals surface area contributed by atoms with E-state index in [-0.39, 0.29) is 5.97 Å². The molecule has 0 saturated carbocycles. The molecule has 0 N–H and O–H groups in total. The summed E-state index contributed by atoms with van der Waals surface area (Å²) < 4.78 is 15.7. The zero-order chi connectivity index (χ0) is 18.9. The van der Waals surface area contributed by atoms with E-state index in [4.69, 9.17) is 14.2 Å². The fourth-order valence-electron chi connectivity index (χ4n) is 2.46. The highest BCUT2D eigenvalue weighted by molar-refractivity contribution is 5.89. The molecule has 2 rings (SSSR count). The fourth-order valence-corrected chi connectivity index (χ4v) is 2.46. The lowest BCUT2D eigenvalue weighted by molar-refractivity contribution is 0.0124. The van der Waals surface area contributed by atoms with Crippen LogP contribution in [0.3, 0.4) is 0 Å². The first-order valence-electron chi connectivity index (χ1n) is 8.71. The minimum absolute atomic E-state index is 0.378. The van der Waals surface area contributed by atoms with Crippen LogP contribution in [0.5, 0.6) is 5.75 Å². The maximum absolute atomic E-state index is 12.1. The topological polar surface area (TPSA) is 61.8 Å². The molecule has 0 bridgehead atoms. The van der Waals surface area contributed by atoms with Gasteiger partial charge in [-0.3, -0.25) is 0 Å². The Morgan fingerprint density at radius 1 is 0.885 bits per heavy atom. The second kappa shape index (κ2) is 9.61. The SMILES string of the molecule is CCc1ccc(C(=O)OC(C)CC(C)OC(=O)Oc2ccccc2)cc1. The zero-order valence-electron chi connectivity index (χ0n) is 15.3. The van der Waals surface area contributed by atoms with E-state index in [9.17, 15) is 9.59 Å². The highest BCUT2D eigenvalue weighted by Crippen LogP contribution is 2.13. The summed E-state index contributed by atoms with van der Waals surface area (Å²) in [6.45, 7) is 5.55. The van der Waals surface area contributed by atoms with E-state index in [2.05, 4.69) is 6.92 Å². The van der Waals surface area contributed by atoms with Crippen LogP contribution < -0.4 is 4.74 Å². The van der Waals surface area contributed by atoms with Gasteiger partial charge in [0.25, 0.3) is 0 Å². The summed E-state index contributed by atoms with van der Waals surface area (Å²) in [5, 5.41) is 0. The van der Waals surface area contributed by atoms with E-state index in [1.54, 1.807) is 50.2 Å². The number of ether oxygens (including phenoxy) is 3. The summed E-state index contributed by atoms with van der Waals surface area (Å²) in [7, 11) is 0. The van der Waals surface area contributed by atoms with Crippen molar-refractivity contribution in [3.63, 3.8) is 0 Å². The van der Waals surface area contributed by atoms with Gasteiger partial charge in [0.05, 0.1) is 5.56 Å².